The molecule has 0 aliphatic carbocycles. The van der Waals surface area contributed by atoms with E-state index < -0.39 is 0 Å². The summed E-state index contributed by atoms with van der Waals surface area (Å²) in [6, 6.07) is 0.109. The number of nitrogens with one attached hydrogen (secondary N) is 1. The Bertz CT molecular complexity index is 492. The molecule has 1 amide bonds. The first-order chi connectivity index (χ1) is 9.91. The summed E-state index contributed by atoms with van der Waals surface area (Å²) in [4.78, 5) is 20.4. The lowest BCUT2D eigenvalue weighted by molar-refractivity contribution is -0.136. The maximum atomic E-state index is 12.6. The van der Waals surface area contributed by atoms with Gasteiger partial charge in [0, 0.05) is 23.8 Å². The Hall–Kier alpha value is -0.940. The van der Waals surface area contributed by atoms with E-state index in [4.69, 9.17) is 0 Å². The summed E-state index contributed by atoms with van der Waals surface area (Å²) in [6.07, 6.45) is 1.91. The van der Waals surface area contributed by atoms with Gasteiger partial charge in [-0.2, -0.15) is 0 Å². The van der Waals surface area contributed by atoms with Gasteiger partial charge in [0.2, 0.25) is 5.91 Å². The molecule has 1 aliphatic rings. The molecule has 1 aliphatic heterocycles. The third-order valence-electron chi connectivity index (χ3n) is 4.34. The Morgan fingerprint density at radius 3 is 2.48 bits per heavy atom. The molecular weight excluding hydrogens is 282 g/mol. The first-order valence-corrected chi connectivity index (χ1v) is 8.68. The van der Waals surface area contributed by atoms with Crippen molar-refractivity contribution in [1.82, 2.24) is 15.2 Å². The van der Waals surface area contributed by atoms with Crippen molar-refractivity contribution in [3.8, 4) is 0 Å². The van der Waals surface area contributed by atoms with Crippen LogP contribution in [0.1, 0.15) is 61.2 Å². The smallest absolute Gasteiger partial charge is 0.226 e. The van der Waals surface area contributed by atoms with Crippen molar-refractivity contribution in [2.45, 2.75) is 52.5 Å². The zero-order valence-corrected chi connectivity index (χ0v) is 14.6. The molecule has 118 valence electrons. The standard InChI is InChI=1S/C16H27N3OS/c1-10(2)15-18-11(3)14(21-15)12(4)19(5)16(20)13-6-8-17-9-7-13/h10,12-13,17H,6-9H2,1-5H3. The van der Waals surface area contributed by atoms with Crippen molar-refractivity contribution in [3.63, 3.8) is 0 Å². The molecule has 21 heavy (non-hydrogen) atoms. The molecule has 1 aromatic heterocycles. The van der Waals surface area contributed by atoms with E-state index in [9.17, 15) is 4.79 Å². The van der Waals surface area contributed by atoms with Gasteiger partial charge >= 0.3 is 0 Å². The van der Waals surface area contributed by atoms with E-state index in [0.29, 0.717) is 5.92 Å². The summed E-state index contributed by atoms with van der Waals surface area (Å²) in [5, 5.41) is 4.48. The zero-order valence-electron chi connectivity index (χ0n) is 13.8. The lowest BCUT2D eigenvalue weighted by Gasteiger charge is -2.30. The maximum Gasteiger partial charge on any atom is 0.226 e. The second kappa shape index (κ2) is 6.88. The van der Waals surface area contributed by atoms with E-state index >= 15 is 0 Å². The highest BCUT2D eigenvalue weighted by Crippen LogP contribution is 2.32. The fourth-order valence-electron chi connectivity index (χ4n) is 2.79. The fourth-order valence-corrected chi connectivity index (χ4v) is 3.95. The van der Waals surface area contributed by atoms with Gasteiger partial charge < -0.3 is 10.2 Å². The molecule has 0 bridgehead atoms. The first kappa shape index (κ1) is 16.4. The van der Waals surface area contributed by atoms with Gasteiger partial charge in [-0.05, 0) is 39.8 Å². The van der Waals surface area contributed by atoms with E-state index in [1.54, 1.807) is 11.3 Å². The van der Waals surface area contributed by atoms with Crippen molar-refractivity contribution in [2.75, 3.05) is 20.1 Å². The van der Waals surface area contributed by atoms with Crippen LogP contribution in [-0.4, -0.2) is 35.9 Å². The predicted octanol–water partition coefficient (Wildman–Crippen LogP) is 3.09. The monoisotopic (exact) mass is 309 g/mol. The molecule has 0 saturated carbocycles. The molecule has 1 fully saturated rings. The molecule has 1 N–H and O–H groups in total. The molecule has 1 atom stereocenters. The van der Waals surface area contributed by atoms with Gasteiger partial charge in [0.1, 0.15) is 0 Å². The van der Waals surface area contributed by atoms with E-state index in [-0.39, 0.29) is 17.9 Å². The Morgan fingerprint density at radius 1 is 1.33 bits per heavy atom. The summed E-state index contributed by atoms with van der Waals surface area (Å²) in [7, 11) is 1.93. The van der Waals surface area contributed by atoms with Gasteiger partial charge in [-0.15, -0.1) is 11.3 Å². The van der Waals surface area contributed by atoms with Gasteiger partial charge in [-0.3, -0.25) is 4.79 Å². The van der Waals surface area contributed by atoms with Gasteiger partial charge in [-0.1, -0.05) is 13.8 Å². The summed E-state index contributed by atoms with van der Waals surface area (Å²) in [5.41, 5.74) is 1.07. The van der Waals surface area contributed by atoms with Gasteiger partial charge in [0.15, 0.2) is 0 Å². The van der Waals surface area contributed by atoms with Gasteiger partial charge in [0.25, 0.3) is 0 Å². The van der Waals surface area contributed by atoms with Crippen LogP contribution in [0.3, 0.4) is 0 Å². The number of carbonyl (C=O) groups is 1. The predicted molar refractivity (Wildman–Crippen MR) is 87.7 cm³/mol. The Balaban J connectivity index is 2.10. The van der Waals surface area contributed by atoms with E-state index in [1.807, 2.05) is 11.9 Å². The average Bonchev–Trinajstić information content (AvgIpc) is 2.88. The highest BCUT2D eigenvalue weighted by molar-refractivity contribution is 7.11. The van der Waals surface area contributed by atoms with Crippen molar-refractivity contribution in [3.05, 3.63) is 15.6 Å². The van der Waals surface area contributed by atoms with Crippen LogP contribution < -0.4 is 5.32 Å². The molecule has 1 saturated heterocycles. The minimum Gasteiger partial charge on any atom is -0.338 e. The summed E-state index contributed by atoms with van der Waals surface area (Å²) >= 11 is 1.75. The fraction of sp³-hybridized carbons (Fsp3) is 0.750. The third kappa shape index (κ3) is 3.64. The second-order valence-corrected chi connectivity index (χ2v) is 7.37. The van der Waals surface area contributed by atoms with E-state index in [2.05, 4.69) is 38.0 Å². The molecule has 0 aromatic carbocycles. The van der Waals surface area contributed by atoms with Crippen LogP contribution in [0.2, 0.25) is 0 Å². The minimum atomic E-state index is 0.109. The molecular formula is C16H27N3OS. The number of hydrogen-bond donors (Lipinski definition) is 1. The molecule has 4 nitrogen and oxygen atoms in total. The highest BCUT2D eigenvalue weighted by atomic mass is 32.1. The Kier molecular flexibility index (Phi) is 5.38. The van der Waals surface area contributed by atoms with Gasteiger partial charge in [-0.25, -0.2) is 4.98 Å². The number of piperidine rings is 1. The SMILES string of the molecule is Cc1nc(C(C)C)sc1C(C)N(C)C(=O)C1CCNCC1. The lowest BCUT2D eigenvalue weighted by atomic mass is 9.96. The normalized spacial score (nSPS) is 18.0. The van der Waals surface area contributed by atoms with Crippen LogP contribution in [0.4, 0.5) is 0 Å². The van der Waals surface area contributed by atoms with E-state index in [1.165, 1.54) is 4.88 Å². The van der Waals surface area contributed by atoms with Crippen molar-refractivity contribution in [2.24, 2.45) is 5.92 Å². The number of carbonyl (C=O) groups excluding carboxylic acids is 1. The van der Waals surface area contributed by atoms with E-state index in [0.717, 1.165) is 36.6 Å². The number of rotatable bonds is 4. The first-order valence-electron chi connectivity index (χ1n) is 7.86. The van der Waals surface area contributed by atoms with Crippen LogP contribution in [0.15, 0.2) is 0 Å². The molecule has 1 unspecified atom stereocenters. The quantitative estimate of drug-likeness (QED) is 0.929. The summed E-state index contributed by atoms with van der Waals surface area (Å²) in [6.45, 7) is 10.4. The van der Waals surface area contributed by atoms with Gasteiger partial charge in [0.05, 0.1) is 16.7 Å². The van der Waals surface area contributed by atoms with Crippen molar-refractivity contribution < 1.29 is 4.79 Å². The van der Waals surface area contributed by atoms with Crippen LogP contribution >= 0.6 is 11.3 Å². The number of aryl methyl sites for hydroxylation is 1. The molecule has 5 heteroatoms. The molecule has 2 heterocycles. The topological polar surface area (TPSA) is 45.2 Å². The summed E-state index contributed by atoms with van der Waals surface area (Å²) < 4.78 is 0. The molecule has 0 spiro atoms. The Morgan fingerprint density at radius 2 is 1.95 bits per heavy atom. The maximum absolute atomic E-state index is 12.6. The average molecular weight is 309 g/mol. The van der Waals surface area contributed by atoms with Crippen molar-refractivity contribution >= 4 is 17.2 Å². The lowest BCUT2D eigenvalue weighted by Crippen LogP contribution is -2.40. The van der Waals surface area contributed by atoms with Crippen LogP contribution in [-0.2, 0) is 4.79 Å². The minimum absolute atomic E-state index is 0.109. The number of nitrogens with zero attached hydrogens (tertiary/aromatic N) is 2. The molecule has 1 aromatic rings. The largest absolute Gasteiger partial charge is 0.338 e. The van der Waals surface area contributed by atoms with Crippen LogP contribution in [0, 0.1) is 12.8 Å². The van der Waals surface area contributed by atoms with Crippen LogP contribution in [0.25, 0.3) is 0 Å². The zero-order chi connectivity index (χ0) is 15.6. The second-order valence-electron chi connectivity index (χ2n) is 6.31. The molecule has 2 rings (SSSR count). The number of hydrogen-bond acceptors (Lipinski definition) is 4. The summed E-state index contributed by atoms with van der Waals surface area (Å²) in [5.74, 6) is 0.902. The highest BCUT2D eigenvalue weighted by Gasteiger charge is 2.28. The van der Waals surface area contributed by atoms with Crippen LogP contribution in [0.5, 0.6) is 0 Å². The van der Waals surface area contributed by atoms with Crippen molar-refractivity contribution in [1.29, 1.82) is 0 Å². The third-order valence-corrected chi connectivity index (χ3v) is 5.97. The number of amides is 1. The number of aromatic nitrogens is 1. The molecule has 0 radical (unpaired) electrons. The number of thiazole rings is 1. The Labute approximate surface area is 132 Å².